The van der Waals surface area contributed by atoms with Gasteiger partial charge in [-0.05, 0) is 31.5 Å². The van der Waals surface area contributed by atoms with E-state index in [-0.39, 0.29) is 30.4 Å². The lowest BCUT2D eigenvalue weighted by atomic mass is 10.1. The Labute approximate surface area is 189 Å². The molecule has 9 nitrogen and oxygen atoms in total. The molecule has 1 atom stereocenters. The quantitative estimate of drug-likeness (QED) is 0.436. The van der Waals surface area contributed by atoms with E-state index >= 15 is 0 Å². The molecule has 1 aliphatic rings. The molecule has 1 amide bonds. The molecule has 11 heteroatoms. The number of benzene rings is 2. The number of rotatable bonds is 8. The minimum Gasteiger partial charge on any atom is -0.488 e. The average Bonchev–Trinajstić information content (AvgIpc) is 2.90. The second-order valence-electron chi connectivity index (χ2n) is 7.43. The van der Waals surface area contributed by atoms with Gasteiger partial charge in [0.25, 0.3) is 5.91 Å². The van der Waals surface area contributed by atoms with Gasteiger partial charge >= 0.3 is 10.1 Å². The van der Waals surface area contributed by atoms with Crippen LogP contribution >= 0.6 is 10.8 Å². The summed E-state index contributed by atoms with van der Waals surface area (Å²) in [6, 6.07) is 14.6. The largest absolute Gasteiger partial charge is 0.488 e. The van der Waals surface area contributed by atoms with E-state index in [4.69, 9.17) is 8.92 Å². The first kappa shape index (κ1) is 24.1. The predicted molar refractivity (Wildman–Crippen MR) is 124 cm³/mol. The van der Waals surface area contributed by atoms with Crippen molar-refractivity contribution >= 4 is 32.5 Å². The first-order valence-corrected chi connectivity index (χ1v) is 13.2. The van der Waals surface area contributed by atoms with Gasteiger partial charge in [-0.15, -0.1) is 10.8 Å². The van der Waals surface area contributed by atoms with Crippen LogP contribution in [0.1, 0.15) is 24.7 Å². The van der Waals surface area contributed by atoms with Gasteiger partial charge in [0, 0.05) is 6.04 Å². The minimum atomic E-state index is -3.73. The number of amides is 1. The Morgan fingerprint density at radius 3 is 2.25 bits per heavy atom. The summed E-state index contributed by atoms with van der Waals surface area (Å²) in [6.07, 6.45) is 0.935. The van der Waals surface area contributed by atoms with E-state index in [1.807, 2.05) is 0 Å². The fourth-order valence-corrected chi connectivity index (χ4v) is 6.04. The summed E-state index contributed by atoms with van der Waals surface area (Å²) in [4.78, 5) is 17.3. The summed E-state index contributed by atoms with van der Waals surface area (Å²) < 4.78 is 56.3. The minimum absolute atomic E-state index is 0.0172. The molecule has 3 rings (SSSR count). The van der Waals surface area contributed by atoms with Gasteiger partial charge in [0.05, 0.1) is 12.8 Å². The zero-order valence-electron chi connectivity index (χ0n) is 17.9. The lowest BCUT2D eigenvalue weighted by molar-refractivity contribution is -0.120. The third-order valence-electron chi connectivity index (χ3n) is 4.57. The molecule has 32 heavy (non-hydrogen) atoms. The summed E-state index contributed by atoms with van der Waals surface area (Å²) in [5, 5.41) is -0.973. The van der Waals surface area contributed by atoms with Crippen molar-refractivity contribution in [3.8, 4) is 11.5 Å². The smallest absolute Gasteiger partial charge is 0.306 e. The Morgan fingerprint density at radius 1 is 1.06 bits per heavy atom. The van der Waals surface area contributed by atoms with Crippen LogP contribution in [0, 0.1) is 0 Å². The van der Waals surface area contributed by atoms with Crippen molar-refractivity contribution in [1.29, 1.82) is 0 Å². The highest BCUT2D eigenvalue weighted by atomic mass is 32.3. The van der Waals surface area contributed by atoms with Crippen molar-refractivity contribution < 1.29 is 31.2 Å². The number of hydrogen-bond donors (Lipinski definition) is 2. The molecule has 0 spiro atoms. The van der Waals surface area contributed by atoms with Crippen LogP contribution in [0.25, 0.3) is 0 Å². The third-order valence-corrected chi connectivity index (χ3v) is 7.34. The fourth-order valence-electron chi connectivity index (χ4n) is 3.40. The van der Waals surface area contributed by atoms with Gasteiger partial charge in [-0.2, -0.15) is 8.42 Å². The summed E-state index contributed by atoms with van der Waals surface area (Å²) in [5.41, 5.74) is 0.629. The summed E-state index contributed by atoms with van der Waals surface area (Å²) in [6.45, 7) is 3.47. The maximum atomic E-state index is 13.0. The van der Waals surface area contributed by atoms with Crippen molar-refractivity contribution in [2.24, 2.45) is 4.99 Å². The third kappa shape index (κ3) is 5.23. The molecule has 1 unspecified atom stereocenters. The first-order valence-electron chi connectivity index (χ1n) is 9.83. The van der Waals surface area contributed by atoms with E-state index in [9.17, 15) is 22.3 Å². The second-order valence-corrected chi connectivity index (χ2v) is 11.0. The topological polar surface area (TPSA) is 126 Å². The number of para-hydroxylation sites is 2. The highest BCUT2D eigenvalue weighted by Crippen LogP contribution is 2.62. The van der Waals surface area contributed by atoms with Gasteiger partial charge in [0.15, 0.2) is 11.5 Å². The van der Waals surface area contributed by atoms with E-state index in [0.29, 0.717) is 5.56 Å². The number of hydrogen-bond acceptors (Lipinski definition) is 8. The molecule has 0 aliphatic carbocycles. The SMILES string of the molecule is CC(C)N1C(=O)C(=NCCOc2ccccc2OS(C)(=O)=O)C(c2ccccc2)S1(O)O. The monoisotopic (exact) mass is 482 g/mol. The standard InChI is InChI=1S/C21H26N2O7S2/c1-15(2)23-21(24)19(20(32(23,27)28)16-9-5-4-6-10-16)22-13-14-29-17-11-7-8-12-18(17)30-31(3,25)26/h4-12,15,20,27-28H,13-14H2,1-3H3. The zero-order chi connectivity index (χ0) is 23.5. The Hall–Kier alpha value is -2.60. The highest BCUT2D eigenvalue weighted by Gasteiger charge is 2.51. The van der Waals surface area contributed by atoms with Crippen molar-refractivity contribution in [3.05, 3.63) is 60.2 Å². The van der Waals surface area contributed by atoms with Crippen molar-refractivity contribution in [1.82, 2.24) is 4.31 Å². The number of nitrogens with zero attached hydrogens (tertiary/aromatic N) is 2. The van der Waals surface area contributed by atoms with Gasteiger partial charge < -0.3 is 8.92 Å². The van der Waals surface area contributed by atoms with Crippen LogP contribution in [-0.2, 0) is 14.9 Å². The molecule has 1 saturated heterocycles. The highest BCUT2D eigenvalue weighted by molar-refractivity contribution is 8.24. The second kappa shape index (κ2) is 9.49. The van der Waals surface area contributed by atoms with Crippen LogP contribution in [0.15, 0.2) is 59.6 Å². The van der Waals surface area contributed by atoms with Crippen LogP contribution in [0.2, 0.25) is 0 Å². The van der Waals surface area contributed by atoms with Crippen molar-refractivity contribution in [3.63, 3.8) is 0 Å². The van der Waals surface area contributed by atoms with E-state index in [1.54, 1.807) is 62.4 Å². The average molecular weight is 483 g/mol. The maximum absolute atomic E-state index is 13.0. The van der Waals surface area contributed by atoms with E-state index in [2.05, 4.69) is 4.99 Å². The zero-order valence-corrected chi connectivity index (χ0v) is 19.5. The van der Waals surface area contributed by atoms with E-state index in [1.165, 1.54) is 6.07 Å². The molecule has 0 aromatic heterocycles. The molecule has 2 aromatic rings. The molecule has 1 heterocycles. The predicted octanol–water partition coefficient (Wildman–Crippen LogP) is 3.50. The molecule has 1 aliphatic heterocycles. The summed E-state index contributed by atoms with van der Waals surface area (Å²) in [7, 11) is -7.20. The molecule has 1 fully saturated rings. The molecule has 0 bridgehead atoms. The Kier molecular flexibility index (Phi) is 7.13. The van der Waals surface area contributed by atoms with Gasteiger partial charge in [-0.1, -0.05) is 42.5 Å². The van der Waals surface area contributed by atoms with Gasteiger partial charge in [0.2, 0.25) is 0 Å². The van der Waals surface area contributed by atoms with Gasteiger partial charge in [-0.3, -0.25) is 18.9 Å². The van der Waals surface area contributed by atoms with E-state index < -0.39 is 38.1 Å². The maximum Gasteiger partial charge on any atom is 0.306 e. The van der Waals surface area contributed by atoms with Crippen LogP contribution in [0.5, 0.6) is 11.5 Å². The lowest BCUT2D eigenvalue weighted by Crippen LogP contribution is -2.34. The molecule has 0 radical (unpaired) electrons. The number of carbonyl (C=O) groups excluding carboxylic acids is 1. The molecule has 2 N–H and O–H groups in total. The van der Waals surface area contributed by atoms with E-state index in [0.717, 1.165) is 10.6 Å². The Balaban J connectivity index is 1.82. The molecule has 2 aromatic carbocycles. The Bertz CT molecular complexity index is 1100. The fraction of sp³-hybridized carbons (Fsp3) is 0.333. The van der Waals surface area contributed by atoms with Crippen LogP contribution in [0.3, 0.4) is 0 Å². The van der Waals surface area contributed by atoms with Crippen molar-refractivity contribution in [2.45, 2.75) is 25.1 Å². The summed E-state index contributed by atoms with van der Waals surface area (Å²) >= 11 is 0. The lowest BCUT2D eigenvalue weighted by Gasteiger charge is -2.42. The number of carbonyl (C=O) groups is 1. The molecule has 174 valence electrons. The van der Waals surface area contributed by atoms with Crippen molar-refractivity contribution in [2.75, 3.05) is 19.4 Å². The van der Waals surface area contributed by atoms with Crippen LogP contribution < -0.4 is 8.92 Å². The van der Waals surface area contributed by atoms with Gasteiger partial charge in [-0.25, -0.2) is 4.31 Å². The number of aliphatic imine (C=N–C) groups is 1. The molecule has 0 saturated carbocycles. The van der Waals surface area contributed by atoms with Gasteiger partial charge in [0.1, 0.15) is 17.6 Å². The normalized spacial score (nSPS) is 20.6. The summed E-state index contributed by atoms with van der Waals surface area (Å²) in [5.74, 6) is -0.278. The van der Waals surface area contributed by atoms with Crippen LogP contribution in [-0.4, -0.2) is 58.9 Å². The molecular weight excluding hydrogens is 456 g/mol. The molecular formula is C21H26N2O7S2. The first-order chi connectivity index (χ1) is 15.0. The van der Waals surface area contributed by atoms with Crippen LogP contribution in [0.4, 0.5) is 0 Å². The Morgan fingerprint density at radius 2 is 1.66 bits per heavy atom. The number of ether oxygens (including phenoxy) is 1.